The molecule has 0 unspecified atom stereocenters. The van der Waals surface area contributed by atoms with Gasteiger partial charge < -0.3 is 0 Å². The summed E-state index contributed by atoms with van der Waals surface area (Å²) in [5.41, 5.74) is 2.03. The topological polar surface area (TPSA) is 54.5 Å². The van der Waals surface area contributed by atoms with Crippen LogP contribution in [-0.4, -0.2) is 37.3 Å². The van der Waals surface area contributed by atoms with Gasteiger partial charge in [-0.3, -0.25) is 4.79 Å². The minimum absolute atomic E-state index is 0.00479. The van der Waals surface area contributed by atoms with Crippen molar-refractivity contribution in [3.63, 3.8) is 0 Å². The largest absolute Gasteiger partial charge is 0.293 e. The molecule has 1 heterocycles. The number of hydrogen-bond acceptors (Lipinski definition) is 4. The Morgan fingerprint density at radius 1 is 1.17 bits per heavy atom. The summed E-state index contributed by atoms with van der Waals surface area (Å²) < 4.78 is 27.5. The highest BCUT2D eigenvalue weighted by atomic mass is 32.2. The number of carbonyl (C=O) groups is 1. The van der Waals surface area contributed by atoms with Gasteiger partial charge in [0.2, 0.25) is 10.0 Å². The average molecular weight is 351 g/mol. The van der Waals surface area contributed by atoms with E-state index >= 15 is 0 Å². The van der Waals surface area contributed by atoms with Gasteiger partial charge in [0.1, 0.15) is 0 Å². The summed E-state index contributed by atoms with van der Waals surface area (Å²) in [6.45, 7) is 6.08. The van der Waals surface area contributed by atoms with Crippen LogP contribution in [0.3, 0.4) is 0 Å². The molecule has 0 saturated carbocycles. The highest BCUT2D eigenvalue weighted by molar-refractivity contribution is 8.03. The normalized spacial score (nSPS) is 28.5. The lowest BCUT2D eigenvalue weighted by atomic mass is 9.89. The zero-order chi connectivity index (χ0) is 16.9. The highest BCUT2D eigenvalue weighted by Crippen LogP contribution is 2.47. The summed E-state index contributed by atoms with van der Waals surface area (Å²) in [4.78, 5) is 13.4. The van der Waals surface area contributed by atoms with Crippen molar-refractivity contribution < 1.29 is 13.2 Å². The van der Waals surface area contributed by atoms with Crippen LogP contribution in [0.25, 0.3) is 0 Å². The lowest BCUT2D eigenvalue weighted by Gasteiger charge is -2.25. The molecule has 23 heavy (non-hydrogen) atoms. The Bertz CT molecular complexity index is 781. The predicted octanol–water partition coefficient (Wildman–Crippen LogP) is 2.84. The summed E-state index contributed by atoms with van der Waals surface area (Å²) in [6, 6.07) is 6.74. The summed E-state index contributed by atoms with van der Waals surface area (Å²) in [5, 5.41) is 0. The summed E-state index contributed by atoms with van der Waals surface area (Å²) in [5.74, 6) is 0.0302. The minimum Gasteiger partial charge on any atom is -0.293 e. The molecule has 1 fully saturated rings. The number of fused-ring (bicyclic) bond motifs is 1. The molecular weight excluding hydrogens is 330 g/mol. The number of allylic oxidation sites excluding steroid dienone is 1. The Balaban J connectivity index is 2.01. The van der Waals surface area contributed by atoms with E-state index in [1.54, 1.807) is 16.4 Å². The van der Waals surface area contributed by atoms with Crippen LogP contribution in [-0.2, 0) is 14.8 Å². The molecule has 0 bridgehead atoms. The summed E-state index contributed by atoms with van der Waals surface area (Å²) in [6.07, 6.45) is 1.89. The number of thioether (sulfide) groups is 1. The molecule has 3 rings (SSSR count). The quantitative estimate of drug-likeness (QED) is 0.840. The van der Waals surface area contributed by atoms with Crippen LogP contribution >= 0.6 is 11.8 Å². The fraction of sp³-hybridized carbons (Fsp3) is 0.471. The van der Waals surface area contributed by atoms with Crippen molar-refractivity contribution >= 4 is 27.6 Å². The Labute approximate surface area is 142 Å². The van der Waals surface area contributed by atoms with Gasteiger partial charge in [-0.15, -0.1) is 11.8 Å². The molecule has 1 saturated heterocycles. The zero-order valence-corrected chi connectivity index (χ0v) is 15.4. The number of rotatable bonds is 3. The maximum atomic E-state index is 13.0. The van der Waals surface area contributed by atoms with Crippen LogP contribution in [0.4, 0.5) is 0 Å². The third-order valence-corrected chi connectivity index (χ3v) is 7.82. The molecule has 0 spiro atoms. The Morgan fingerprint density at radius 2 is 1.78 bits per heavy atom. The lowest BCUT2D eigenvalue weighted by Crippen LogP contribution is -2.38. The van der Waals surface area contributed by atoms with Gasteiger partial charge in [-0.25, -0.2) is 8.42 Å². The highest BCUT2D eigenvalue weighted by Gasteiger charge is 2.51. The van der Waals surface area contributed by atoms with E-state index in [1.165, 1.54) is 11.8 Å². The Morgan fingerprint density at radius 3 is 2.35 bits per heavy atom. The number of hydrogen-bond donors (Lipinski definition) is 0. The molecular formula is C17H21NO3S2. The van der Waals surface area contributed by atoms with Crippen molar-refractivity contribution in [1.29, 1.82) is 0 Å². The van der Waals surface area contributed by atoms with Gasteiger partial charge in [0.15, 0.2) is 5.78 Å². The second-order valence-corrected chi connectivity index (χ2v) is 9.05. The van der Waals surface area contributed by atoms with Crippen LogP contribution in [0.5, 0.6) is 0 Å². The van der Waals surface area contributed by atoms with Gasteiger partial charge in [-0.2, -0.15) is 4.31 Å². The molecule has 0 aromatic heterocycles. The molecule has 124 valence electrons. The standard InChI is InChI=1S/C17H21NO3S2/c1-10-5-7-13(8-6-10)23(20,21)18-9-14-15(12(18)3)11(2)16(19)17(14)22-4/h5-8,11-12,15H,9H2,1-4H3/t11-,12-,15+/m1/s1. The van der Waals surface area contributed by atoms with Crippen LogP contribution in [0, 0.1) is 18.8 Å². The zero-order valence-electron chi connectivity index (χ0n) is 13.7. The number of ketones is 1. The molecule has 0 N–H and O–H groups in total. The fourth-order valence-corrected chi connectivity index (χ4v) is 6.22. The second kappa shape index (κ2) is 5.76. The van der Waals surface area contributed by atoms with Crippen LogP contribution in [0.15, 0.2) is 39.6 Å². The lowest BCUT2D eigenvalue weighted by molar-refractivity contribution is -0.118. The smallest absolute Gasteiger partial charge is 0.243 e. The van der Waals surface area contributed by atoms with Crippen molar-refractivity contribution in [3.8, 4) is 0 Å². The van der Waals surface area contributed by atoms with Gasteiger partial charge in [0.05, 0.1) is 9.80 Å². The first-order valence-electron chi connectivity index (χ1n) is 7.68. The van der Waals surface area contributed by atoms with E-state index in [1.807, 2.05) is 39.2 Å². The first-order valence-corrected chi connectivity index (χ1v) is 10.3. The van der Waals surface area contributed by atoms with E-state index in [9.17, 15) is 13.2 Å². The van der Waals surface area contributed by atoms with Gasteiger partial charge in [0, 0.05) is 24.4 Å². The maximum absolute atomic E-state index is 13.0. The molecule has 3 atom stereocenters. The monoisotopic (exact) mass is 351 g/mol. The Kier molecular flexibility index (Phi) is 4.19. The van der Waals surface area contributed by atoms with E-state index in [0.717, 1.165) is 16.0 Å². The SMILES string of the molecule is CSC1=C2CN(S(=O)(=O)c3ccc(C)cc3)[C@H](C)[C@@H]2[C@@H](C)C1=O. The number of sulfonamides is 1. The summed E-state index contributed by atoms with van der Waals surface area (Å²) in [7, 11) is -3.54. The summed E-state index contributed by atoms with van der Waals surface area (Å²) >= 11 is 1.44. The van der Waals surface area contributed by atoms with Crippen molar-refractivity contribution in [2.45, 2.75) is 31.7 Å². The molecule has 4 nitrogen and oxygen atoms in total. The number of Topliss-reactive ketones (excluding diaryl/α,β-unsaturated/α-hetero) is 1. The molecule has 1 aliphatic heterocycles. The first-order chi connectivity index (χ1) is 10.8. The van der Waals surface area contributed by atoms with Crippen molar-refractivity contribution in [2.24, 2.45) is 11.8 Å². The number of aryl methyl sites for hydroxylation is 1. The van der Waals surface area contributed by atoms with Crippen LogP contribution in [0.2, 0.25) is 0 Å². The Hall–Kier alpha value is -1.11. The minimum atomic E-state index is -3.54. The van der Waals surface area contributed by atoms with E-state index in [2.05, 4.69) is 0 Å². The molecule has 1 aromatic carbocycles. The van der Waals surface area contributed by atoms with E-state index in [-0.39, 0.29) is 23.7 Å². The third-order valence-electron chi connectivity index (χ3n) is 5.00. The molecule has 6 heteroatoms. The van der Waals surface area contributed by atoms with Gasteiger partial charge >= 0.3 is 0 Å². The maximum Gasteiger partial charge on any atom is 0.243 e. The van der Waals surface area contributed by atoms with E-state index < -0.39 is 10.0 Å². The van der Waals surface area contributed by atoms with Crippen molar-refractivity contribution in [2.75, 3.05) is 12.8 Å². The van der Waals surface area contributed by atoms with Crippen molar-refractivity contribution in [3.05, 3.63) is 40.3 Å². The fourth-order valence-electron chi connectivity index (χ4n) is 3.74. The molecule has 0 amide bonds. The van der Waals surface area contributed by atoms with Gasteiger partial charge in [-0.1, -0.05) is 24.6 Å². The van der Waals surface area contributed by atoms with E-state index in [4.69, 9.17) is 0 Å². The second-order valence-electron chi connectivity index (χ2n) is 6.34. The number of benzene rings is 1. The van der Waals surface area contributed by atoms with E-state index in [0.29, 0.717) is 11.4 Å². The van der Waals surface area contributed by atoms with Gasteiger partial charge in [-0.05, 0) is 37.8 Å². The predicted molar refractivity (Wildman–Crippen MR) is 92.7 cm³/mol. The van der Waals surface area contributed by atoms with Gasteiger partial charge in [0.25, 0.3) is 0 Å². The molecule has 2 aliphatic rings. The van der Waals surface area contributed by atoms with Crippen molar-refractivity contribution in [1.82, 2.24) is 4.31 Å². The number of carbonyl (C=O) groups excluding carboxylic acids is 1. The third kappa shape index (κ3) is 2.47. The van der Waals surface area contributed by atoms with Crippen LogP contribution < -0.4 is 0 Å². The number of nitrogens with zero attached hydrogens (tertiary/aromatic N) is 1. The van der Waals surface area contributed by atoms with Crippen LogP contribution in [0.1, 0.15) is 19.4 Å². The molecule has 1 aromatic rings. The molecule has 1 aliphatic carbocycles. The molecule has 0 radical (unpaired) electrons. The first kappa shape index (κ1) is 16.7. The average Bonchev–Trinajstić information content (AvgIpc) is 2.96.